The molecule has 0 radical (unpaired) electrons. The zero-order chi connectivity index (χ0) is 19.8. The molecule has 0 unspecified atom stereocenters. The van der Waals surface area contributed by atoms with Gasteiger partial charge in [0.2, 0.25) is 5.91 Å². The van der Waals surface area contributed by atoms with Crippen molar-refractivity contribution in [3.63, 3.8) is 0 Å². The number of nitrogens with zero attached hydrogens (tertiary/aromatic N) is 2. The summed E-state index contributed by atoms with van der Waals surface area (Å²) in [7, 11) is 0. The van der Waals surface area contributed by atoms with Crippen LogP contribution in [0.1, 0.15) is 22.4 Å². The Labute approximate surface area is 169 Å². The van der Waals surface area contributed by atoms with Crippen LogP contribution in [0.25, 0.3) is 0 Å². The Morgan fingerprint density at radius 2 is 1.86 bits per heavy atom. The number of carbonyl (C=O) groups is 1. The molecule has 0 fully saturated rings. The summed E-state index contributed by atoms with van der Waals surface area (Å²) in [5.74, 6) is 0.279. The number of imidazole rings is 1. The van der Waals surface area contributed by atoms with Crippen molar-refractivity contribution in [3.05, 3.63) is 83.2 Å². The van der Waals surface area contributed by atoms with Crippen LogP contribution < -0.4 is 5.32 Å². The Kier molecular flexibility index (Phi) is 7.28. The molecule has 2 N–H and O–H groups in total. The first kappa shape index (κ1) is 20.2. The summed E-state index contributed by atoms with van der Waals surface area (Å²) < 4.78 is 1.98. The molecule has 0 aliphatic carbocycles. The van der Waals surface area contributed by atoms with Gasteiger partial charge < -0.3 is 15.0 Å². The third kappa shape index (κ3) is 5.97. The maximum absolute atomic E-state index is 12.2. The van der Waals surface area contributed by atoms with E-state index in [1.165, 1.54) is 22.9 Å². The quantitative estimate of drug-likeness (QED) is 0.546. The van der Waals surface area contributed by atoms with Gasteiger partial charge in [-0.3, -0.25) is 4.79 Å². The summed E-state index contributed by atoms with van der Waals surface area (Å²) in [6, 6.07) is 18.4. The normalized spacial score (nSPS) is 10.8. The van der Waals surface area contributed by atoms with Crippen molar-refractivity contribution in [1.82, 2.24) is 14.9 Å². The fourth-order valence-corrected chi connectivity index (χ4v) is 3.65. The number of nitrogens with one attached hydrogen (secondary N) is 1. The number of aryl methyl sites for hydroxylation is 1. The van der Waals surface area contributed by atoms with Crippen molar-refractivity contribution in [2.45, 2.75) is 31.7 Å². The SMILES string of the molecule is Cc1ccc(Cn2cc(CO)nc2SCC(=O)NCCc2ccccc2)cc1. The second-order valence-corrected chi connectivity index (χ2v) is 7.60. The van der Waals surface area contributed by atoms with Crippen LogP contribution in [0.15, 0.2) is 66.0 Å². The van der Waals surface area contributed by atoms with Gasteiger partial charge in [0.1, 0.15) is 0 Å². The second-order valence-electron chi connectivity index (χ2n) is 6.66. The van der Waals surface area contributed by atoms with Gasteiger partial charge in [-0.15, -0.1) is 0 Å². The van der Waals surface area contributed by atoms with Gasteiger partial charge in [-0.05, 0) is 24.5 Å². The van der Waals surface area contributed by atoms with E-state index in [-0.39, 0.29) is 12.5 Å². The third-order valence-electron chi connectivity index (χ3n) is 4.34. The number of amides is 1. The van der Waals surface area contributed by atoms with E-state index in [2.05, 4.69) is 53.6 Å². The van der Waals surface area contributed by atoms with Gasteiger partial charge in [-0.1, -0.05) is 71.9 Å². The van der Waals surface area contributed by atoms with Crippen LogP contribution in [0, 0.1) is 6.92 Å². The van der Waals surface area contributed by atoms with E-state index in [1.807, 2.05) is 29.0 Å². The number of aliphatic hydroxyl groups is 1. The van der Waals surface area contributed by atoms with Gasteiger partial charge in [-0.25, -0.2) is 4.98 Å². The highest BCUT2D eigenvalue weighted by molar-refractivity contribution is 7.99. The lowest BCUT2D eigenvalue weighted by Crippen LogP contribution is -2.27. The minimum absolute atomic E-state index is 0.0173. The van der Waals surface area contributed by atoms with Gasteiger partial charge in [0.25, 0.3) is 0 Å². The molecule has 0 aliphatic rings. The number of aromatic nitrogens is 2. The standard InChI is InChI=1S/C22H25N3O2S/c1-17-7-9-19(10-8-17)13-25-14-20(15-26)24-22(25)28-16-21(27)23-12-11-18-5-3-2-4-6-18/h2-10,14,26H,11-13,15-16H2,1H3,(H,23,27). The first-order chi connectivity index (χ1) is 13.6. The monoisotopic (exact) mass is 395 g/mol. The third-order valence-corrected chi connectivity index (χ3v) is 5.33. The summed E-state index contributed by atoms with van der Waals surface area (Å²) in [5, 5.41) is 13.1. The molecule has 0 aliphatic heterocycles. The van der Waals surface area contributed by atoms with E-state index in [0.29, 0.717) is 24.5 Å². The highest BCUT2D eigenvalue weighted by Gasteiger charge is 2.11. The van der Waals surface area contributed by atoms with Gasteiger partial charge in [0, 0.05) is 19.3 Å². The lowest BCUT2D eigenvalue weighted by atomic mass is 10.1. The Bertz CT molecular complexity index is 892. The molecule has 0 saturated heterocycles. The fraction of sp³-hybridized carbons (Fsp3) is 0.273. The molecule has 1 aromatic heterocycles. The minimum atomic E-state index is -0.113. The molecule has 6 heteroatoms. The van der Waals surface area contributed by atoms with Gasteiger partial charge >= 0.3 is 0 Å². The van der Waals surface area contributed by atoms with Crippen molar-refractivity contribution in [3.8, 4) is 0 Å². The first-order valence-electron chi connectivity index (χ1n) is 9.30. The number of hydrogen-bond acceptors (Lipinski definition) is 4. The lowest BCUT2D eigenvalue weighted by Gasteiger charge is -2.08. The van der Waals surface area contributed by atoms with Crippen LogP contribution in [0.3, 0.4) is 0 Å². The Morgan fingerprint density at radius 3 is 2.57 bits per heavy atom. The van der Waals surface area contributed by atoms with Crippen molar-refractivity contribution in [2.75, 3.05) is 12.3 Å². The van der Waals surface area contributed by atoms with Gasteiger partial charge in [-0.2, -0.15) is 0 Å². The second kappa shape index (κ2) is 10.1. The van der Waals surface area contributed by atoms with E-state index < -0.39 is 0 Å². The summed E-state index contributed by atoms with van der Waals surface area (Å²) in [4.78, 5) is 16.6. The Hall–Kier alpha value is -2.57. The average molecular weight is 396 g/mol. The number of thioether (sulfide) groups is 1. The molecule has 1 amide bonds. The van der Waals surface area contributed by atoms with Crippen LogP contribution in [-0.4, -0.2) is 32.9 Å². The molecule has 0 atom stereocenters. The molecule has 0 saturated carbocycles. The largest absolute Gasteiger partial charge is 0.390 e. The fourth-order valence-electron chi connectivity index (χ4n) is 2.82. The summed E-state index contributed by atoms with van der Waals surface area (Å²) in [5.41, 5.74) is 4.18. The number of rotatable bonds is 9. The summed E-state index contributed by atoms with van der Waals surface area (Å²) >= 11 is 1.39. The number of aliphatic hydroxyl groups excluding tert-OH is 1. The lowest BCUT2D eigenvalue weighted by molar-refractivity contribution is -0.118. The van der Waals surface area contributed by atoms with Crippen LogP contribution >= 0.6 is 11.8 Å². The highest BCUT2D eigenvalue weighted by Crippen LogP contribution is 2.19. The van der Waals surface area contributed by atoms with Gasteiger partial charge in [0.05, 0.1) is 18.1 Å². The molecule has 0 spiro atoms. The molecule has 1 heterocycles. The van der Waals surface area contributed by atoms with Crippen molar-refractivity contribution in [2.24, 2.45) is 0 Å². The van der Waals surface area contributed by atoms with E-state index in [1.54, 1.807) is 0 Å². The van der Waals surface area contributed by atoms with Crippen molar-refractivity contribution >= 4 is 17.7 Å². The van der Waals surface area contributed by atoms with E-state index in [9.17, 15) is 9.90 Å². The van der Waals surface area contributed by atoms with E-state index in [0.717, 1.165) is 17.1 Å². The van der Waals surface area contributed by atoms with E-state index >= 15 is 0 Å². The molecule has 3 aromatic rings. The van der Waals surface area contributed by atoms with Crippen LogP contribution in [0.5, 0.6) is 0 Å². The van der Waals surface area contributed by atoms with Crippen molar-refractivity contribution < 1.29 is 9.90 Å². The molecular weight excluding hydrogens is 370 g/mol. The van der Waals surface area contributed by atoms with Crippen LogP contribution in [-0.2, 0) is 24.4 Å². The molecule has 0 bridgehead atoms. The zero-order valence-corrected chi connectivity index (χ0v) is 16.8. The van der Waals surface area contributed by atoms with Crippen LogP contribution in [0.4, 0.5) is 0 Å². The average Bonchev–Trinajstić information content (AvgIpc) is 3.11. The molecule has 3 rings (SSSR count). The first-order valence-corrected chi connectivity index (χ1v) is 10.3. The molecular formula is C22H25N3O2S. The number of carbonyl (C=O) groups excluding carboxylic acids is 1. The smallest absolute Gasteiger partial charge is 0.230 e. The van der Waals surface area contributed by atoms with Crippen LogP contribution in [0.2, 0.25) is 0 Å². The maximum Gasteiger partial charge on any atom is 0.230 e. The molecule has 28 heavy (non-hydrogen) atoms. The summed E-state index contributed by atoms with van der Waals surface area (Å²) in [6.45, 7) is 3.22. The van der Waals surface area contributed by atoms with Gasteiger partial charge in [0.15, 0.2) is 5.16 Å². The van der Waals surface area contributed by atoms with Crippen molar-refractivity contribution in [1.29, 1.82) is 0 Å². The highest BCUT2D eigenvalue weighted by atomic mass is 32.2. The Balaban J connectivity index is 1.53. The molecule has 146 valence electrons. The van der Waals surface area contributed by atoms with E-state index in [4.69, 9.17) is 0 Å². The topological polar surface area (TPSA) is 67.1 Å². The number of hydrogen-bond donors (Lipinski definition) is 2. The maximum atomic E-state index is 12.2. The molecule has 5 nitrogen and oxygen atoms in total. The predicted molar refractivity (Wildman–Crippen MR) is 112 cm³/mol. The Morgan fingerprint density at radius 1 is 1.11 bits per heavy atom. The minimum Gasteiger partial charge on any atom is -0.390 e. The zero-order valence-electron chi connectivity index (χ0n) is 16.0. The predicted octanol–water partition coefficient (Wildman–Crippen LogP) is 3.18. The summed E-state index contributed by atoms with van der Waals surface area (Å²) in [6.07, 6.45) is 2.66. The number of benzene rings is 2. The molecule has 2 aromatic carbocycles.